The van der Waals surface area contributed by atoms with Crippen molar-refractivity contribution in [2.45, 2.75) is 55.7 Å². The summed E-state index contributed by atoms with van der Waals surface area (Å²) in [6.07, 6.45) is 5.49. The number of hydrogen-bond donors (Lipinski definition) is 0. The number of fused-ring (bicyclic) bond motifs is 2. The molecule has 5 nitrogen and oxygen atoms in total. The molecule has 1 aromatic heterocycles. The molecule has 2 aliphatic rings. The van der Waals surface area contributed by atoms with Crippen molar-refractivity contribution in [3.8, 4) is 5.75 Å². The number of thioether (sulfide) groups is 1. The van der Waals surface area contributed by atoms with Gasteiger partial charge in [0, 0.05) is 33.0 Å². The van der Waals surface area contributed by atoms with Crippen molar-refractivity contribution < 1.29 is 9.47 Å². The molecule has 5 rings (SSSR count). The SMILES string of the molecule is O=c1c2ccc(Cl)cc2nc(SCc2cc(Cl)cc3c2OCOC3)n1C1CCCCC1. The van der Waals surface area contributed by atoms with Crippen LogP contribution in [0.5, 0.6) is 5.75 Å². The smallest absolute Gasteiger partial charge is 0.262 e. The van der Waals surface area contributed by atoms with E-state index < -0.39 is 0 Å². The van der Waals surface area contributed by atoms with Gasteiger partial charge in [-0.25, -0.2) is 4.98 Å². The van der Waals surface area contributed by atoms with Crippen LogP contribution in [-0.4, -0.2) is 16.3 Å². The number of rotatable bonds is 4. The number of aromatic nitrogens is 2. The van der Waals surface area contributed by atoms with Gasteiger partial charge < -0.3 is 9.47 Å². The maximum Gasteiger partial charge on any atom is 0.262 e. The van der Waals surface area contributed by atoms with E-state index in [0.29, 0.717) is 38.5 Å². The van der Waals surface area contributed by atoms with Gasteiger partial charge in [-0.1, -0.05) is 54.2 Å². The van der Waals surface area contributed by atoms with Gasteiger partial charge in [0.25, 0.3) is 5.56 Å². The molecule has 2 aromatic carbocycles. The zero-order valence-electron chi connectivity index (χ0n) is 16.9. The zero-order chi connectivity index (χ0) is 21.4. The number of benzene rings is 2. The average molecular weight is 477 g/mol. The second-order valence-electron chi connectivity index (χ2n) is 7.98. The Labute approximate surface area is 194 Å². The molecule has 1 fully saturated rings. The predicted octanol–water partition coefficient (Wildman–Crippen LogP) is 6.37. The molecule has 3 aromatic rings. The lowest BCUT2D eigenvalue weighted by Gasteiger charge is -2.26. The molecule has 0 unspecified atom stereocenters. The highest BCUT2D eigenvalue weighted by Crippen LogP contribution is 2.37. The van der Waals surface area contributed by atoms with Crippen LogP contribution in [0.2, 0.25) is 10.0 Å². The van der Waals surface area contributed by atoms with Crippen molar-refractivity contribution in [2.75, 3.05) is 6.79 Å². The van der Waals surface area contributed by atoms with E-state index in [2.05, 4.69) is 0 Å². The maximum atomic E-state index is 13.5. The van der Waals surface area contributed by atoms with E-state index in [1.165, 1.54) is 18.2 Å². The normalized spacial score (nSPS) is 16.8. The van der Waals surface area contributed by atoms with Crippen LogP contribution >= 0.6 is 35.0 Å². The van der Waals surface area contributed by atoms with E-state index in [1.54, 1.807) is 18.2 Å². The highest BCUT2D eigenvalue weighted by molar-refractivity contribution is 7.98. The van der Waals surface area contributed by atoms with Gasteiger partial charge in [0.1, 0.15) is 5.75 Å². The lowest BCUT2D eigenvalue weighted by atomic mass is 9.95. The van der Waals surface area contributed by atoms with E-state index >= 15 is 0 Å². The molecule has 0 spiro atoms. The summed E-state index contributed by atoms with van der Waals surface area (Å²) >= 11 is 14.1. The summed E-state index contributed by atoms with van der Waals surface area (Å²) in [6.45, 7) is 0.707. The first kappa shape index (κ1) is 21.1. The van der Waals surface area contributed by atoms with Crippen LogP contribution in [-0.2, 0) is 17.1 Å². The highest BCUT2D eigenvalue weighted by Gasteiger charge is 2.23. The van der Waals surface area contributed by atoms with Crippen LogP contribution in [0.25, 0.3) is 10.9 Å². The van der Waals surface area contributed by atoms with Crippen molar-refractivity contribution in [1.82, 2.24) is 9.55 Å². The Balaban J connectivity index is 1.56. The molecule has 1 saturated carbocycles. The number of halogens is 2. The predicted molar refractivity (Wildman–Crippen MR) is 124 cm³/mol. The van der Waals surface area contributed by atoms with E-state index in [9.17, 15) is 4.79 Å². The van der Waals surface area contributed by atoms with Gasteiger partial charge in [-0.05, 0) is 43.2 Å². The molecule has 162 valence electrons. The molecule has 2 heterocycles. The summed E-state index contributed by atoms with van der Waals surface area (Å²) in [7, 11) is 0. The van der Waals surface area contributed by atoms with Gasteiger partial charge in [0.05, 0.1) is 17.5 Å². The van der Waals surface area contributed by atoms with Crippen LogP contribution in [0.3, 0.4) is 0 Å². The van der Waals surface area contributed by atoms with Crippen LogP contribution in [0, 0.1) is 0 Å². The van der Waals surface area contributed by atoms with E-state index in [1.807, 2.05) is 16.7 Å². The largest absolute Gasteiger partial charge is 0.467 e. The van der Waals surface area contributed by atoms with Crippen molar-refractivity contribution in [3.05, 3.63) is 61.9 Å². The summed E-state index contributed by atoms with van der Waals surface area (Å²) in [6, 6.07) is 9.26. The third kappa shape index (κ3) is 4.31. The second-order valence-corrected chi connectivity index (χ2v) is 9.79. The first-order chi connectivity index (χ1) is 15.1. The summed E-state index contributed by atoms with van der Waals surface area (Å²) in [5, 5.41) is 2.54. The van der Waals surface area contributed by atoms with Gasteiger partial charge >= 0.3 is 0 Å². The lowest BCUT2D eigenvalue weighted by molar-refractivity contribution is -0.0168. The van der Waals surface area contributed by atoms with E-state index in [4.69, 9.17) is 37.7 Å². The maximum absolute atomic E-state index is 13.5. The Morgan fingerprint density at radius 1 is 1.10 bits per heavy atom. The fourth-order valence-electron chi connectivity index (χ4n) is 4.42. The third-order valence-corrected chi connectivity index (χ3v) is 7.33. The second kappa shape index (κ2) is 9.02. The molecule has 0 atom stereocenters. The Kier molecular flexibility index (Phi) is 6.15. The number of ether oxygens (including phenoxy) is 2. The Morgan fingerprint density at radius 3 is 2.77 bits per heavy atom. The summed E-state index contributed by atoms with van der Waals surface area (Å²) in [5.41, 5.74) is 2.56. The van der Waals surface area contributed by atoms with E-state index in [0.717, 1.165) is 42.6 Å². The average Bonchev–Trinajstić information content (AvgIpc) is 2.77. The summed E-state index contributed by atoms with van der Waals surface area (Å²) < 4.78 is 13.0. The summed E-state index contributed by atoms with van der Waals surface area (Å²) in [5.74, 6) is 1.41. The molecule has 0 amide bonds. The van der Waals surface area contributed by atoms with Crippen molar-refractivity contribution in [3.63, 3.8) is 0 Å². The van der Waals surface area contributed by atoms with Crippen molar-refractivity contribution >= 4 is 45.9 Å². The van der Waals surface area contributed by atoms with Crippen molar-refractivity contribution in [2.24, 2.45) is 0 Å². The fourth-order valence-corrected chi connectivity index (χ4v) is 5.88. The highest BCUT2D eigenvalue weighted by atomic mass is 35.5. The number of nitrogens with zero attached hydrogens (tertiary/aromatic N) is 2. The van der Waals surface area contributed by atoms with Crippen LogP contribution in [0.4, 0.5) is 0 Å². The van der Waals surface area contributed by atoms with Crippen LogP contribution in [0.1, 0.15) is 49.3 Å². The van der Waals surface area contributed by atoms with Crippen LogP contribution < -0.4 is 10.3 Å². The molecular formula is C23H22Cl2N2O3S. The third-order valence-electron chi connectivity index (χ3n) is 5.88. The Morgan fingerprint density at radius 2 is 1.94 bits per heavy atom. The van der Waals surface area contributed by atoms with Gasteiger partial charge in [-0.2, -0.15) is 0 Å². The Bertz CT molecular complexity index is 1190. The molecular weight excluding hydrogens is 455 g/mol. The van der Waals surface area contributed by atoms with Gasteiger partial charge in [-0.3, -0.25) is 9.36 Å². The minimum Gasteiger partial charge on any atom is -0.467 e. The lowest BCUT2D eigenvalue weighted by Crippen LogP contribution is -2.29. The number of hydrogen-bond acceptors (Lipinski definition) is 5. The van der Waals surface area contributed by atoms with Gasteiger partial charge in [-0.15, -0.1) is 0 Å². The monoisotopic (exact) mass is 476 g/mol. The molecule has 0 saturated heterocycles. The zero-order valence-corrected chi connectivity index (χ0v) is 19.2. The molecule has 0 bridgehead atoms. The topological polar surface area (TPSA) is 53.4 Å². The van der Waals surface area contributed by atoms with Gasteiger partial charge in [0.2, 0.25) is 0 Å². The van der Waals surface area contributed by atoms with Gasteiger partial charge in [0.15, 0.2) is 11.9 Å². The molecule has 1 aliphatic heterocycles. The quantitative estimate of drug-likeness (QED) is 0.323. The van der Waals surface area contributed by atoms with Crippen LogP contribution in [0.15, 0.2) is 40.3 Å². The molecule has 8 heteroatoms. The van der Waals surface area contributed by atoms with E-state index in [-0.39, 0.29) is 18.4 Å². The molecule has 31 heavy (non-hydrogen) atoms. The Hall–Kier alpha value is -1.73. The first-order valence-electron chi connectivity index (χ1n) is 10.5. The first-order valence-corrected chi connectivity index (χ1v) is 12.2. The molecule has 0 radical (unpaired) electrons. The minimum absolute atomic E-state index is 0.00818. The minimum atomic E-state index is 0.00818. The standard InChI is InChI=1S/C23H22Cl2N2O3S/c24-16-6-7-19-20(10-16)26-23(27(22(19)28)18-4-2-1-3-5-18)31-12-15-9-17(25)8-14-11-29-13-30-21(14)15/h6-10,18H,1-5,11-13H2. The molecule has 1 aliphatic carbocycles. The molecule has 0 N–H and O–H groups in total. The fraction of sp³-hybridized carbons (Fsp3) is 0.391. The van der Waals surface area contributed by atoms with Crippen molar-refractivity contribution in [1.29, 1.82) is 0 Å². The summed E-state index contributed by atoms with van der Waals surface area (Å²) in [4.78, 5) is 18.3.